The minimum Gasteiger partial charge on any atom is -0.246 e. The molecule has 1 aromatic heterocycles. The lowest BCUT2D eigenvalue weighted by Gasteiger charge is -2.21. The molecule has 1 aliphatic rings. The van der Waals surface area contributed by atoms with Crippen LogP contribution in [0.15, 0.2) is 5.38 Å². The molecule has 2 heteroatoms. The highest BCUT2D eigenvalue weighted by molar-refractivity contribution is 7.09. The fraction of sp³-hybridized carbons (Fsp3) is 0.769. The van der Waals surface area contributed by atoms with Crippen molar-refractivity contribution in [3.63, 3.8) is 0 Å². The van der Waals surface area contributed by atoms with Crippen LogP contribution in [-0.2, 0) is 0 Å². The average molecular weight is 223 g/mol. The Morgan fingerprint density at radius 2 is 2.00 bits per heavy atom. The molecule has 0 bridgehead atoms. The van der Waals surface area contributed by atoms with Crippen LogP contribution in [0.3, 0.4) is 0 Å². The predicted octanol–water partition coefficient (Wildman–Crippen LogP) is 4.53. The normalized spacial score (nSPS) is 28.4. The molecule has 15 heavy (non-hydrogen) atoms. The smallest absolute Gasteiger partial charge is 0.0897 e. The number of nitrogens with zero attached hydrogens (tertiary/aromatic N) is 1. The molecular weight excluding hydrogens is 202 g/mol. The molecule has 84 valence electrons. The molecular formula is C13H21NS. The molecule has 0 spiro atoms. The number of hydrogen-bond donors (Lipinski definition) is 0. The van der Waals surface area contributed by atoms with Gasteiger partial charge in [0.05, 0.1) is 10.7 Å². The molecule has 0 saturated heterocycles. The zero-order valence-corrected chi connectivity index (χ0v) is 10.6. The van der Waals surface area contributed by atoms with E-state index in [1.807, 2.05) is 0 Å². The van der Waals surface area contributed by atoms with Gasteiger partial charge < -0.3 is 0 Å². The third kappa shape index (κ3) is 3.04. The second kappa shape index (κ2) is 5.11. The molecule has 1 fully saturated rings. The van der Waals surface area contributed by atoms with Gasteiger partial charge in [-0.2, -0.15) is 0 Å². The fourth-order valence-corrected chi connectivity index (χ4v) is 3.22. The standard InChI is InChI=1S/C13H21NS/c1-10-5-3-4-6-12(8-7-10)13-9-15-11(2)14-13/h9-10,12H,3-8H2,1-2H3/t10?,12-/m0/s1. The Labute approximate surface area is 96.9 Å². The minimum atomic E-state index is 0.748. The third-order valence-corrected chi connectivity index (χ3v) is 4.35. The van der Waals surface area contributed by atoms with Gasteiger partial charge in [-0.05, 0) is 25.7 Å². The number of hydrogen-bond acceptors (Lipinski definition) is 2. The molecule has 1 aromatic rings. The molecule has 2 rings (SSSR count). The van der Waals surface area contributed by atoms with E-state index >= 15 is 0 Å². The van der Waals surface area contributed by atoms with E-state index in [9.17, 15) is 0 Å². The van der Waals surface area contributed by atoms with Crippen LogP contribution in [0, 0.1) is 12.8 Å². The van der Waals surface area contributed by atoms with E-state index in [4.69, 9.17) is 0 Å². The summed E-state index contributed by atoms with van der Waals surface area (Å²) in [5.41, 5.74) is 1.37. The summed E-state index contributed by atoms with van der Waals surface area (Å²) in [6.07, 6.45) is 8.34. The van der Waals surface area contributed by atoms with Crippen molar-refractivity contribution < 1.29 is 0 Å². The van der Waals surface area contributed by atoms with Crippen molar-refractivity contribution in [2.45, 2.75) is 58.3 Å². The van der Waals surface area contributed by atoms with Crippen molar-refractivity contribution in [2.24, 2.45) is 5.92 Å². The van der Waals surface area contributed by atoms with Crippen molar-refractivity contribution in [3.05, 3.63) is 16.1 Å². The summed E-state index contributed by atoms with van der Waals surface area (Å²) < 4.78 is 0. The molecule has 0 amide bonds. The van der Waals surface area contributed by atoms with E-state index in [-0.39, 0.29) is 0 Å². The van der Waals surface area contributed by atoms with Crippen LogP contribution in [0.25, 0.3) is 0 Å². The van der Waals surface area contributed by atoms with Crippen molar-refractivity contribution in [2.75, 3.05) is 0 Å². The Hall–Kier alpha value is -0.370. The van der Waals surface area contributed by atoms with Gasteiger partial charge in [0.15, 0.2) is 0 Å². The lowest BCUT2D eigenvalue weighted by Crippen LogP contribution is -2.07. The van der Waals surface area contributed by atoms with Gasteiger partial charge in [0.1, 0.15) is 0 Å². The van der Waals surface area contributed by atoms with E-state index in [1.54, 1.807) is 11.3 Å². The number of aryl methyl sites for hydroxylation is 1. The van der Waals surface area contributed by atoms with Crippen LogP contribution in [0.5, 0.6) is 0 Å². The maximum Gasteiger partial charge on any atom is 0.0897 e. The van der Waals surface area contributed by atoms with Crippen LogP contribution < -0.4 is 0 Å². The first-order valence-electron chi connectivity index (χ1n) is 6.17. The van der Waals surface area contributed by atoms with Crippen LogP contribution in [-0.4, -0.2) is 4.98 Å². The highest BCUT2D eigenvalue weighted by Gasteiger charge is 2.18. The first-order chi connectivity index (χ1) is 7.25. The van der Waals surface area contributed by atoms with Gasteiger partial charge in [-0.3, -0.25) is 0 Å². The summed E-state index contributed by atoms with van der Waals surface area (Å²) in [6, 6.07) is 0. The second-order valence-electron chi connectivity index (χ2n) is 4.96. The van der Waals surface area contributed by atoms with Gasteiger partial charge in [-0.15, -0.1) is 11.3 Å². The van der Waals surface area contributed by atoms with Crippen LogP contribution >= 0.6 is 11.3 Å². The molecule has 0 radical (unpaired) electrons. The summed E-state index contributed by atoms with van der Waals surface area (Å²) in [6.45, 7) is 4.51. The monoisotopic (exact) mass is 223 g/mol. The highest BCUT2D eigenvalue weighted by atomic mass is 32.1. The summed E-state index contributed by atoms with van der Waals surface area (Å²) in [4.78, 5) is 4.65. The Kier molecular flexibility index (Phi) is 3.79. The zero-order valence-electron chi connectivity index (χ0n) is 9.83. The molecule has 1 unspecified atom stereocenters. The highest BCUT2D eigenvalue weighted by Crippen LogP contribution is 2.33. The average Bonchev–Trinajstić information content (AvgIpc) is 2.59. The second-order valence-corrected chi connectivity index (χ2v) is 6.02. The molecule has 1 aliphatic carbocycles. The fourth-order valence-electron chi connectivity index (χ4n) is 2.52. The Morgan fingerprint density at radius 1 is 1.20 bits per heavy atom. The SMILES string of the molecule is Cc1nc([C@H]2CCCCC(C)CC2)cs1. The zero-order chi connectivity index (χ0) is 10.7. The molecule has 0 aromatic carbocycles. The van der Waals surface area contributed by atoms with Gasteiger partial charge in [-0.25, -0.2) is 4.98 Å². The van der Waals surface area contributed by atoms with Gasteiger partial charge >= 0.3 is 0 Å². The minimum absolute atomic E-state index is 0.748. The summed E-state index contributed by atoms with van der Waals surface area (Å²) in [7, 11) is 0. The largest absolute Gasteiger partial charge is 0.246 e. The van der Waals surface area contributed by atoms with Gasteiger partial charge in [-0.1, -0.05) is 32.6 Å². The first-order valence-corrected chi connectivity index (χ1v) is 7.05. The van der Waals surface area contributed by atoms with E-state index in [0.29, 0.717) is 0 Å². The first kappa shape index (κ1) is 11.1. The predicted molar refractivity (Wildman–Crippen MR) is 66.5 cm³/mol. The summed E-state index contributed by atoms with van der Waals surface area (Å²) in [5, 5.41) is 3.49. The molecule has 2 atom stereocenters. The molecule has 1 saturated carbocycles. The van der Waals surface area contributed by atoms with Crippen LogP contribution in [0.2, 0.25) is 0 Å². The van der Waals surface area contributed by atoms with E-state index in [1.165, 1.54) is 49.2 Å². The quantitative estimate of drug-likeness (QED) is 0.682. The van der Waals surface area contributed by atoms with Gasteiger partial charge in [0.2, 0.25) is 0 Å². The van der Waals surface area contributed by atoms with Crippen LogP contribution in [0.4, 0.5) is 0 Å². The van der Waals surface area contributed by atoms with Crippen molar-refractivity contribution in [3.8, 4) is 0 Å². The molecule has 1 heterocycles. The van der Waals surface area contributed by atoms with E-state index < -0.39 is 0 Å². The maximum atomic E-state index is 4.65. The lowest BCUT2D eigenvalue weighted by atomic mass is 9.85. The van der Waals surface area contributed by atoms with Crippen LogP contribution in [0.1, 0.15) is 62.1 Å². The topological polar surface area (TPSA) is 12.9 Å². The maximum absolute atomic E-state index is 4.65. The Balaban J connectivity index is 2.01. The van der Waals surface area contributed by atoms with Gasteiger partial charge in [0, 0.05) is 11.3 Å². The lowest BCUT2D eigenvalue weighted by molar-refractivity contribution is 0.373. The van der Waals surface area contributed by atoms with Crippen molar-refractivity contribution in [1.29, 1.82) is 0 Å². The summed E-state index contributed by atoms with van der Waals surface area (Å²) >= 11 is 1.80. The molecule has 0 N–H and O–H groups in total. The molecule has 1 nitrogen and oxygen atoms in total. The summed E-state index contributed by atoms with van der Waals surface area (Å²) in [5.74, 6) is 1.67. The van der Waals surface area contributed by atoms with Gasteiger partial charge in [0.25, 0.3) is 0 Å². The number of thiazole rings is 1. The third-order valence-electron chi connectivity index (χ3n) is 3.56. The Bertz CT molecular complexity index is 305. The number of rotatable bonds is 1. The van der Waals surface area contributed by atoms with Crippen molar-refractivity contribution in [1.82, 2.24) is 4.98 Å². The molecule has 0 aliphatic heterocycles. The van der Waals surface area contributed by atoms with E-state index in [0.717, 1.165) is 11.8 Å². The Morgan fingerprint density at radius 3 is 2.73 bits per heavy atom. The number of aromatic nitrogens is 1. The van der Waals surface area contributed by atoms with Crippen molar-refractivity contribution >= 4 is 11.3 Å². The van der Waals surface area contributed by atoms with E-state index in [2.05, 4.69) is 24.2 Å².